The van der Waals surface area contributed by atoms with Gasteiger partial charge in [0, 0.05) is 27.1 Å². The van der Waals surface area contributed by atoms with Crippen LogP contribution in [0.15, 0.2) is 66.7 Å². The van der Waals surface area contributed by atoms with Crippen molar-refractivity contribution in [1.82, 2.24) is 25.6 Å². The van der Waals surface area contributed by atoms with E-state index in [-0.39, 0.29) is 13.2 Å². The third-order valence-corrected chi connectivity index (χ3v) is 6.09. The number of nitrogens with zero attached hydrogens (tertiary/aromatic N) is 4. The zero-order valence-electron chi connectivity index (χ0n) is 17.8. The number of ether oxygens (including phenoxy) is 2. The quantitative estimate of drug-likeness (QED) is 0.394. The van der Waals surface area contributed by atoms with Crippen molar-refractivity contribution < 1.29 is 14.6 Å². The highest BCUT2D eigenvalue weighted by Crippen LogP contribution is 2.40. The summed E-state index contributed by atoms with van der Waals surface area (Å²) in [6, 6.07) is 20.6. The number of aliphatic hydroxyl groups is 1. The van der Waals surface area contributed by atoms with Gasteiger partial charge >= 0.3 is 0 Å². The summed E-state index contributed by atoms with van der Waals surface area (Å²) in [4.78, 5) is 4.63. The van der Waals surface area contributed by atoms with Crippen LogP contribution in [-0.2, 0) is 13.2 Å². The van der Waals surface area contributed by atoms with E-state index < -0.39 is 6.10 Å². The molecule has 0 radical (unpaired) electrons. The summed E-state index contributed by atoms with van der Waals surface area (Å²) in [7, 11) is 0. The largest absolute Gasteiger partial charge is 0.488 e. The molecule has 9 heteroatoms. The molecule has 0 saturated heterocycles. The average molecular weight is 472 g/mol. The smallest absolute Gasteiger partial charge is 0.179 e. The molecule has 0 aliphatic carbocycles. The molecule has 2 N–H and O–H groups in total. The van der Waals surface area contributed by atoms with Gasteiger partial charge in [0.25, 0.3) is 0 Å². The highest BCUT2D eigenvalue weighted by atomic mass is 35.5. The molecule has 0 spiro atoms. The fourth-order valence-electron chi connectivity index (χ4n) is 4.17. The number of nitrogens with one attached hydrogen (secondary N) is 1. The number of pyridine rings is 1. The number of hydrogen-bond acceptors (Lipinski definition) is 7. The summed E-state index contributed by atoms with van der Waals surface area (Å²) < 4.78 is 12.0. The molecule has 3 aromatic carbocycles. The summed E-state index contributed by atoms with van der Waals surface area (Å²) in [5, 5.41) is 27.0. The fraction of sp³-hybridized carbons (Fsp3) is 0.120. The van der Waals surface area contributed by atoms with Crippen LogP contribution in [0, 0.1) is 0 Å². The van der Waals surface area contributed by atoms with E-state index in [1.165, 1.54) is 0 Å². The Kier molecular flexibility index (Phi) is 5.09. The standard InChI is InChI=1S/C25H18ClN5O3/c26-15-6-4-14-5-7-16(27-22(14)10-15)12-33-17-8-9-23-20(11-17)24(32)18-2-1-3-19(21(18)13-34-23)25-28-30-31-29-25/h1-11,24,32H,12-13H2,(H,28,29,30,31). The first-order valence-corrected chi connectivity index (χ1v) is 11.0. The van der Waals surface area contributed by atoms with Crippen LogP contribution in [0.25, 0.3) is 22.3 Å². The Bertz CT molecular complexity index is 1510. The molecule has 6 rings (SSSR count). The fourth-order valence-corrected chi connectivity index (χ4v) is 4.33. The summed E-state index contributed by atoms with van der Waals surface area (Å²) >= 11 is 6.09. The number of H-pyrrole nitrogens is 1. The van der Waals surface area contributed by atoms with Gasteiger partial charge in [-0.3, -0.25) is 0 Å². The minimum atomic E-state index is -0.896. The molecule has 0 saturated carbocycles. The van der Waals surface area contributed by atoms with Crippen LogP contribution in [0.4, 0.5) is 0 Å². The monoisotopic (exact) mass is 471 g/mol. The Morgan fingerprint density at radius 2 is 1.97 bits per heavy atom. The molecule has 1 aliphatic rings. The molecular weight excluding hydrogens is 454 g/mol. The van der Waals surface area contributed by atoms with Crippen LogP contribution < -0.4 is 9.47 Å². The van der Waals surface area contributed by atoms with Crippen molar-refractivity contribution in [1.29, 1.82) is 0 Å². The number of hydrogen-bond donors (Lipinski definition) is 2. The van der Waals surface area contributed by atoms with Gasteiger partial charge in [-0.2, -0.15) is 0 Å². The third-order valence-electron chi connectivity index (χ3n) is 5.85. The first kappa shape index (κ1) is 20.6. The van der Waals surface area contributed by atoms with Crippen LogP contribution in [0.1, 0.15) is 28.5 Å². The molecule has 1 atom stereocenters. The van der Waals surface area contributed by atoms with E-state index in [9.17, 15) is 5.11 Å². The number of benzene rings is 3. The van der Waals surface area contributed by atoms with Gasteiger partial charge < -0.3 is 14.6 Å². The molecular formula is C25H18ClN5O3. The van der Waals surface area contributed by atoms with Gasteiger partial charge in [0.15, 0.2) is 5.82 Å². The van der Waals surface area contributed by atoms with Gasteiger partial charge in [0.1, 0.15) is 30.8 Å². The lowest BCUT2D eigenvalue weighted by molar-refractivity contribution is 0.217. The molecule has 5 aromatic rings. The second-order valence-corrected chi connectivity index (χ2v) is 8.38. The van der Waals surface area contributed by atoms with E-state index in [2.05, 4.69) is 25.6 Å². The van der Waals surface area contributed by atoms with E-state index in [4.69, 9.17) is 21.1 Å². The Balaban J connectivity index is 1.28. The molecule has 0 bridgehead atoms. The van der Waals surface area contributed by atoms with Gasteiger partial charge in [-0.25, -0.2) is 10.1 Å². The Morgan fingerprint density at radius 3 is 2.85 bits per heavy atom. The maximum Gasteiger partial charge on any atom is 0.179 e. The Morgan fingerprint density at radius 1 is 1.06 bits per heavy atom. The lowest BCUT2D eigenvalue weighted by Gasteiger charge is -2.15. The third kappa shape index (κ3) is 3.72. The molecule has 1 unspecified atom stereocenters. The number of halogens is 1. The van der Waals surface area contributed by atoms with Gasteiger partial charge in [0.2, 0.25) is 0 Å². The number of aliphatic hydroxyl groups excluding tert-OH is 1. The number of tetrazole rings is 1. The van der Waals surface area contributed by atoms with Gasteiger partial charge in [-0.15, -0.1) is 5.10 Å². The second kappa shape index (κ2) is 8.40. The highest BCUT2D eigenvalue weighted by Gasteiger charge is 2.26. The maximum atomic E-state index is 11.2. The van der Waals surface area contributed by atoms with Crippen molar-refractivity contribution in [3.8, 4) is 22.9 Å². The van der Waals surface area contributed by atoms with Crippen LogP contribution in [0.3, 0.4) is 0 Å². The first-order chi connectivity index (χ1) is 16.7. The van der Waals surface area contributed by atoms with Crippen LogP contribution >= 0.6 is 11.6 Å². The van der Waals surface area contributed by atoms with Crippen LogP contribution in [0.2, 0.25) is 5.02 Å². The number of aromatic amines is 1. The second-order valence-electron chi connectivity index (χ2n) is 7.94. The molecule has 1 aliphatic heterocycles. The number of rotatable bonds is 4. The highest BCUT2D eigenvalue weighted by molar-refractivity contribution is 6.31. The molecule has 2 aromatic heterocycles. The summed E-state index contributed by atoms with van der Waals surface area (Å²) in [5.74, 6) is 1.72. The van der Waals surface area contributed by atoms with E-state index >= 15 is 0 Å². The Labute approximate surface area is 199 Å². The SMILES string of the molecule is OC1c2cc(OCc3ccc4ccc(Cl)cc4n3)ccc2OCc2c(-c3nnn[nH]3)cccc21. The van der Waals surface area contributed by atoms with Gasteiger partial charge in [-0.1, -0.05) is 41.9 Å². The summed E-state index contributed by atoms with van der Waals surface area (Å²) in [6.45, 7) is 0.553. The van der Waals surface area contributed by atoms with Crippen molar-refractivity contribution in [3.63, 3.8) is 0 Å². The summed E-state index contributed by atoms with van der Waals surface area (Å²) in [5.41, 5.74) is 4.56. The topological polar surface area (TPSA) is 106 Å². The molecule has 8 nitrogen and oxygen atoms in total. The predicted octanol–water partition coefficient (Wildman–Crippen LogP) is 4.62. The van der Waals surface area contributed by atoms with E-state index in [0.717, 1.165) is 33.3 Å². The normalized spacial score (nSPS) is 14.7. The van der Waals surface area contributed by atoms with E-state index in [1.54, 1.807) is 6.07 Å². The minimum absolute atomic E-state index is 0.275. The minimum Gasteiger partial charge on any atom is -0.488 e. The average Bonchev–Trinajstić information content (AvgIpc) is 3.36. The molecule has 0 fully saturated rings. The number of fused-ring (bicyclic) bond motifs is 3. The van der Waals surface area contributed by atoms with Crippen LogP contribution in [0.5, 0.6) is 11.5 Å². The van der Waals surface area contributed by atoms with Crippen molar-refractivity contribution >= 4 is 22.5 Å². The van der Waals surface area contributed by atoms with Gasteiger partial charge in [0.05, 0.1) is 11.2 Å². The van der Waals surface area contributed by atoms with Crippen LogP contribution in [-0.4, -0.2) is 30.7 Å². The Hall–Kier alpha value is -4.01. The van der Waals surface area contributed by atoms with Crippen molar-refractivity contribution in [2.24, 2.45) is 0 Å². The van der Waals surface area contributed by atoms with Gasteiger partial charge in [-0.05, 0) is 52.4 Å². The summed E-state index contributed by atoms with van der Waals surface area (Å²) in [6.07, 6.45) is -0.896. The van der Waals surface area contributed by atoms with Crippen molar-refractivity contribution in [2.45, 2.75) is 19.3 Å². The lowest BCUT2D eigenvalue weighted by Crippen LogP contribution is -2.04. The maximum absolute atomic E-state index is 11.2. The van der Waals surface area contributed by atoms with E-state index in [0.29, 0.717) is 27.9 Å². The van der Waals surface area contributed by atoms with Crippen molar-refractivity contribution in [2.75, 3.05) is 0 Å². The number of aromatic nitrogens is 5. The predicted molar refractivity (Wildman–Crippen MR) is 126 cm³/mol. The zero-order valence-corrected chi connectivity index (χ0v) is 18.5. The lowest BCUT2D eigenvalue weighted by atomic mass is 9.94. The van der Waals surface area contributed by atoms with E-state index in [1.807, 2.05) is 60.7 Å². The molecule has 0 amide bonds. The van der Waals surface area contributed by atoms with Crippen molar-refractivity contribution in [3.05, 3.63) is 94.1 Å². The zero-order chi connectivity index (χ0) is 23.1. The molecule has 3 heterocycles. The molecule has 34 heavy (non-hydrogen) atoms. The first-order valence-electron chi connectivity index (χ1n) is 10.6. The molecule has 168 valence electrons.